The number of hydrogen-bond donors (Lipinski definition) is 0. The molecule has 0 fully saturated rings. The molecule has 0 spiro atoms. The lowest BCUT2D eigenvalue weighted by molar-refractivity contribution is 1.57. The van der Waals surface area contributed by atoms with E-state index in [1.807, 2.05) is 36.4 Å². The first-order valence-electron chi connectivity index (χ1n) is 3.85. The summed E-state index contributed by atoms with van der Waals surface area (Å²) in [5.74, 6) is 0. The van der Waals surface area contributed by atoms with Gasteiger partial charge in [0.05, 0.1) is 0 Å². The summed E-state index contributed by atoms with van der Waals surface area (Å²) >= 11 is 0. The summed E-state index contributed by atoms with van der Waals surface area (Å²) < 4.78 is 0. The lowest BCUT2D eigenvalue weighted by Crippen LogP contribution is -1.95. The summed E-state index contributed by atoms with van der Waals surface area (Å²) in [4.78, 5) is 11.0. The Kier molecular flexibility index (Phi) is 1.63. The van der Waals surface area contributed by atoms with Crippen molar-refractivity contribution < 1.29 is 0 Å². The second-order valence-corrected chi connectivity index (χ2v) is 2.70. The molecule has 0 N–H and O–H groups in total. The molecule has 0 saturated heterocycles. The van der Waals surface area contributed by atoms with E-state index in [9.17, 15) is 4.79 Å². The fraction of sp³-hybridized carbons (Fsp3) is 0. The van der Waals surface area contributed by atoms with Crippen molar-refractivity contribution in [2.75, 3.05) is 0 Å². The average molecular weight is 156 g/mol. The third-order valence-corrected chi connectivity index (χ3v) is 1.83. The SMILES string of the molecule is O=c1ccc2cccccc-2c1. The lowest BCUT2D eigenvalue weighted by atomic mass is 10.1. The van der Waals surface area contributed by atoms with Gasteiger partial charge in [0.25, 0.3) is 0 Å². The van der Waals surface area contributed by atoms with E-state index in [2.05, 4.69) is 0 Å². The molecule has 0 aromatic carbocycles. The van der Waals surface area contributed by atoms with E-state index in [4.69, 9.17) is 0 Å². The minimum Gasteiger partial charge on any atom is -0.290 e. The highest BCUT2D eigenvalue weighted by molar-refractivity contribution is 5.63. The van der Waals surface area contributed by atoms with Gasteiger partial charge < -0.3 is 0 Å². The molecule has 0 bridgehead atoms. The third kappa shape index (κ3) is 1.21. The molecule has 12 heavy (non-hydrogen) atoms. The van der Waals surface area contributed by atoms with Crippen LogP contribution in [0.5, 0.6) is 0 Å². The first-order valence-corrected chi connectivity index (χ1v) is 3.85. The van der Waals surface area contributed by atoms with Crippen LogP contribution in [0.4, 0.5) is 0 Å². The highest BCUT2D eigenvalue weighted by atomic mass is 16.1. The van der Waals surface area contributed by atoms with Crippen LogP contribution in [0.1, 0.15) is 0 Å². The van der Waals surface area contributed by atoms with E-state index in [0.717, 1.165) is 11.1 Å². The minimum absolute atomic E-state index is 0.0636. The molecule has 2 rings (SSSR count). The predicted octanol–water partition coefficient (Wildman–Crippen LogP) is 2.15. The largest absolute Gasteiger partial charge is 0.290 e. The molecule has 0 unspecified atom stereocenters. The van der Waals surface area contributed by atoms with Crippen LogP contribution in [0, 0.1) is 0 Å². The Morgan fingerprint density at radius 3 is 2.33 bits per heavy atom. The quantitative estimate of drug-likeness (QED) is 0.571. The molecule has 0 saturated carbocycles. The van der Waals surface area contributed by atoms with Gasteiger partial charge in [0.2, 0.25) is 0 Å². The van der Waals surface area contributed by atoms with E-state index in [1.54, 1.807) is 12.1 Å². The van der Waals surface area contributed by atoms with Crippen LogP contribution in [0.3, 0.4) is 0 Å². The van der Waals surface area contributed by atoms with Gasteiger partial charge in [-0.15, -0.1) is 0 Å². The Balaban J connectivity index is 2.82. The van der Waals surface area contributed by atoms with Crippen molar-refractivity contribution in [2.24, 2.45) is 0 Å². The first kappa shape index (κ1) is 7.04. The van der Waals surface area contributed by atoms with Crippen molar-refractivity contribution in [3.8, 4) is 11.1 Å². The second-order valence-electron chi connectivity index (χ2n) is 2.70. The lowest BCUT2D eigenvalue weighted by Gasteiger charge is -1.96. The molecular formula is C11H8O. The Morgan fingerprint density at radius 2 is 1.50 bits per heavy atom. The molecule has 0 radical (unpaired) electrons. The highest BCUT2D eigenvalue weighted by Crippen LogP contribution is 2.16. The monoisotopic (exact) mass is 156 g/mol. The molecule has 1 nitrogen and oxygen atoms in total. The van der Waals surface area contributed by atoms with Crippen LogP contribution in [-0.2, 0) is 0 Å². The second kappa shape index (κ2) is 2.78. The number of hydrogen-bond acceptors (Lipinski definition) is 1. The molecule has 2 aliphatic rings. The van der Waals surface area contributed by atoms with E-state index in [1.165, 1.54) is 0 Å². The van der Waals surface area contributed by atoms with Crippen LogP contribution in [-0.4, -0.2) is 0 Å². The smallest absolute Gasteiger partial charge is 0.179 e. The molecule has 0 aliphatic heterocycles. The van der Waals surface area contributed by atoms with Gasteiger partial charge in [0.1, 0.15) is 0 Å². The van der Waals surface area contributed by atoms with Gasteiger partial charge in [-0.2, -0.15) is 0 Å². The van der Waals surface area contributed by atoms with Gasteiger partial charge in [0, 0.05) is 0 Å². The molecule has 0 heterocycles. The number of fused-ring (bicyclic) bond motifs is 1. The van der Waals surface area contributed by atoms with Crippen molar-refractivity contribution in [2.45, 2.75) is 0 Å². The third-order valence-electron chi connectivity index (χ3n) is 1.83. The Labute approximate surface area is 70.6 Å². The summed E-state index contributed by atoms with van der Waals surface area (Å²) in [7, 11) is 0. The van der Waals surface area contributed by atoms with E-state index in [0.29, 0.717) is 0 Å². The summed E-state index contributed by atoms with van der Waals surface area (Å²) in [5.41, 5.74) is 2.15. The maximum atomic E-state index is 11.0. The van der Waals surface area contributed by atoms with E-state index < -0.39 is 0 Å². The fourth-order valence-electron chi connectivity index (χ4n) is 1.23. The summed E-state index contributed by atoms with van der Waals surface area (Å²) in [6, 6.07) is 14.9. The maximum Gasteiger partial charge on any atom is 0.179 e. The fourth-order valence-corrected chi connectivity index (χ4v) is 1.23. The summed E-state index contributed by atoms with van der Waals surface area (Å²) in [6.45, 7) is 0. The van der Waals surface area contributed by atoms with E-state index in [-0.39, 0.29) is 5.43 Å². The molecule has 0 amide bonds. The van der Waals surface area contributed by atoms with Gasteiger partial charge in [0.15, 0.2) is 5.43 Å². The maximum absolute atomic E-state index is 11.0. The van der Waals surface area contributed by atoms with Crippen LogP contribution in [0.2, 0.25) is 0 Å². The highest BCUT2D eigenvalue weighted by Gasteiger charge is 1.96. The molecule has 0 atom stereocenters. The van der Waals surface area contributed by atoms with Crippen molar-refractivity contribution in [1.82, 2.24) is 0 Å². The van der Waals surface area contributed by atoms with E-state index >= 15 is 0 Å². The normalized spacial score (nSPS) is 10.0. The standard InChI is InChI=1S/C11H8O/c12-11-7-6-9-4-2-1-3-5-10(9)8-11/h1-8H. The molecule has 0 aromatic rings. The zero-order valence-electron chi connectivity index (χ0n) is 6.53. The minimum atomic E-state index is 0.0636. The molecule has 2 aliphatic carbocycles. The van der Waals surface area contributed by atoms with Crippen molar-refractivity contribution in [3.05, 3.63) is 58.8 Å². The zero-order valence-corrected chi connectivity index (χ0v) is 6.53. The molecule has 1 heteroatoms. The Morgan fingerprint density at radius 1 is 0.750 bits per heavy atom. The van der Waals surface area contributed by atoms with Crippen molar-refractivity contribution >= 4 is 0 Å². The van der Waals surface area contributed by atoms with Gasteiger partial charge in [-0.25, -0.2) is 0 Å². The van der Waals surface area contributed by atoms with Crippen LogP contribution in [0.25, 0.3) is 11.1 Å². The topological polar surface area (TPSA) is 17.1 Å². The summed E-state index contributed by atoms with van der Waals surface area (Å²) in [5, 5.41) is 0. The van der Waals surface area contributed by atoms with Gasteiger partial charge >= 0.3 is 0 Å². The van der Waals surface area contributed by atoms with Crippen LogP contribution < -0.4 is 5.43 Å². The zero-order chi connectivity index (χ0) is 8.39. The van der Waals surface area contributed by atoms with Crippen LogP contribution in [0.15, 0.2) is 53.3 Å². The average Bonchev–Trinajstić information content (AvgIpc) is 2.28. The number of benzene rings is 1. The molecular weight excluding hydrogens is 148 g/mol. The Hall–Kier alpha value is -1.63. The van der Waals surface area contributed by atoms with Gasteiger partial charge in [-0.1, -0.05) is 36.4 Å². The molecule has 0 aromatic heterocycles. The van der Waals surface area contributed by atoms with Crippen molar-refractivity contribution in [3.63, 3.8) is 0 Å². The van der Waals surface area contributed by atoms with Gasteiger partial charge in [-0.05, 0) is 23.3 Å². The summed E-state index contributed by atoms with van der Waals surface area (Å²) in [6.07, 6.45) is 0. The van der Waals surface area contributed by atoms with Crippen molar-refractivity contribution in [1.29, 1.82) is 0 Å². The van der Waals surface area contributed by atoms with Crippen LogP contribution >= 0.6 is 0 Å². The first-order chi connectivity index (χ1) is 5.86. The van der Waals surface area contributed by atoms with Gasteiger partial charge in [-0.3, -0.25) is 4.79 Å². The predicted molar refractivity (Wildman–Crippen MR) is 49.3 cm³/mol. The number of rotatable bonds is 0. The molecule has 58 valence electrons. The Bertz CT molecular complexity index is 420.